The van der Waals surface area contributed by atoms with Gasteiger partial charge in [0.15, 0.2) is 0 Å². The van der Waals surface area contributed by atoms with Crippen LogP contribution < -0.4 is 0 Å². The van der Waals surface area contributed by atoms with Crippen molar-refractivity contribution in [3.8, 4) is 0 Å². The molecule has 0 spiro atoms. The number of halogens is 2. The summed E-state index contributed by atoms with van der Waals surface area (Å²) in [6, 6.07) is 0. The van der Waals surface area contributed by atoms with Crippen LogP contribution in [0.5, 0.6) is 0 Å². The maximum absolute atomic E-state index is 10.9. The molecule has 6 heteroatoms. The van der Waals surface area contributed by atoms with Crippen LogP contribution in [-0.2, 0) is 19.1 Å². The second-order valence-electron chi connectivity index (χ2n) is 2.85. The Balaban J connectivity index is 3.92. The van der Waals surface area contributed by atoms with E-state index in [1.54, 1.807) is 0 Å². The van der Waals surface area contributed by atoms with Crippen molar-refractivity contribution < 1.29 is 19.1 Å². The van der Waals surface area contributed by atoms with Gasteiger partial charge in [-0.2, -0.15) is 0 Å². The number of esters is 2. The van der Waals surface area contributed by atoms with E-state index in [2.05, 4.69) is 0 Å². The van der Waals surface area contributed by atoms with Gasteiger partial charge in [0.25, 0.3) is 0 Å². The van der Waals surface area contributed by atoms with Crippen molar-refractivity contribution >= 4 is 35.1 Å². The summed E-state index contributed by atoms with van der Waals surface area (Å²) in [5, 5.41) is 0. The van der Waals surface area contributed by atoms with Crippen molar-refractivity contribution in [3.05, 3.63) is 0 Å². The molecule has 0 aliphatic heterocycles. The number of hydrogen-bond acceptors (Lipinski definition) is 4. The van der Waals surface area contributed by atoms with E-state index in [0.29, 0.717) is 6.42 Å². The zero-order valence-corrected chi connectivity index (χ0v) is 10.0. The lowest BCUT2D eigenvalue weighted by atomic mass is 10.2. The average Bonchev–Trinajstić information content (AvgIpc) is 2.25. The predicted molar refractivity (Wildman–Crippen MR) is 57.2 cm³/mol. The van der Waals surface area contributed by atoms with E-state index in [1.165, 1.54) is 0 Å². The minimum Gasteiger partial charge on any atom is -0.461 e. The molecule has 0 aliphatic rings. The average molecular weight is 257 g/mol. The minimum atomic E-state index is -0.528. The zero-order chi connectivity index (χ0) is 11.7. The molecule has 0 fully saturated rings. The highest BCUT2D eigenvalue weighted by Crippen LogP contribution is 2.04. The van der Waals surface area contributed by atoms with E-state index >= 15 is 0 Å². The van der Waals surface area contributed by atoms with Crippen molar-refractivity contribution in [1.29, 1.82) is 0 Å². The van der Waals surface area contributed by atoms with Crippen LogP contribution in [0.3, 0.4) is 0 Å². The van der Waals surface area contributed by atoms with Crippen molar-refractivity contribution in [1.82, 2.24) is 0 Å². The lowest BCUT2D eigenvalue weighted by Gasteiger charge is -2.16. The molecule has 0 bridgehead atoms. The highest BCUT2D eigenvalue weighted by atomic mass is 35.5. The Morgan fingerprint density at radius 2 is 1.80 bits per heavy atom. The SMILES string of the molecule is CCCC(COC(=O)CCl)OC(=O)CCl. The van der Waals surface area contributed by atoms with E-state index in [1.807, 2.05) is 6.92 Å². The first-order chi connectivity index (χ1) is 7.13. The summed E-state index contributed by atoms with van der Waals surface area (Å²) >= 11 is 10.5. The third-order valence-electron chi connectivity index (χ3n) is 1.56. The van der Waals surface area contributed by atoms with Gasteiger partial charge in [0.2, 0.25) is 0 Å². The van der Waals surface area contributed by atoms with Gasteiger partial charge in [-0.15, -0.1) is 23.2 Å². The first kappa shape index (κ1) is 14.5. The Bertz CT molecular complexity index is 208. The van der Waals surface area contributed by atoms with Crippen molar-refractivity contribution in [2.24, 2.45) is 0 Å². The van der Waals surface area contributed by atoms with Crippen LogP contribution in [0, 0.1) is 0 Å². The second kappa shape index (κ2) is 8.80. The van der Waals surface area contributed by atoms with Gasteiger partial charge < -0.3 is 9.47 Å². The van der Waals surface area contributed by atoms with Gasteiger partial charge in [-0.1, -0.05) is 13.3 Å². The van der Waals surface area contributed by atoms with Gasteiger partial charge >= 0.3 is 11.9 Å². The minimum absolute atomic E-state index is 0.0298. The third kappa shape index (κ3) is 7.45. The molecule has 4 nitrogen and oxygen atoms in total. The first-order valence-corrected chi connectivity index (χ1v) is 5.68. The molecule has 0 rings (SSSR count). The van der Waals surface area contributed by atoms with Crippen LogP contribution in [0.2, 0.25) is 0 Å². The summed E-state index contributed by atoms with van der Waals surface area (Å²) < 4.78 is 9.70. The molecular weight excluding hydrogens is 243 g/mol. The van der Waals surface area contributed by atoms with Crippen LogP contribution in [-0.4, -0.2) is 36.4 Å². The van der Waals surface area contributed by atoms with Crippen molar-refractivity contribution in [3.63, 3.8) is 0 Å². The fourth-order valence-electron chi connectivity index (χ4n) is 0.940. The van der Waals surface area contributed by atoms with Gasteiger partial charge in [0, 0.05) is 0 Å². The summed E-state index contributed by atoms with van der Waals surface area (Å²) in [5.41, 5.74) is 0. The fraction of sp³-hybridized carbons (Fsp3) is 0.778. The summed E-state index contributed by atoms with van der Waals surface area (Å²) in [6.45, 7) is 1.97. The van der Waals surface area contributed by atoms with Gasteiger partial charge in [0.05, 0.1) is 0 Å². The second-order valence-corrected chi connectivity index (χ2v) is 3.39. The normalized spacial score (nSPS) is 11.9. The van der Waals surface area contributed by atoms with Crippen LogP contribution in [0.25, 0.3) is 0 Å². The standard InChI is InChI=1S/C9H14Cl2O4/c1-2-3-7(15-9(13)5-11)6-14-8(12)4-10/h7H,2-6H2,1H3. The molecule has 0 saturated carbocycles. The summed E-state index contributed by atoms with van der Waals surface area (Å²) in [6.07, 6.45) is 1.00. The van der Waals surface area contributed by atoms with Gasteiger partial charge in [-0.3, -0.25) is 9.59 Å². The molecule has 0 aliphatic carbocycles. The molecule has 1 atom stereocenters. The lowest BCUT2D eigenvalue weighted by molar-refractivity contribution is -0.156. The Labute approximate surface area is 98.8 Å². The highest BCUT2D eigenvalue weighted by Gasteiger charge is 2.15. The molecule has 1 unspecified atom stereocenters. The highest BCUT2D eigenvalue weighted by molar-refractivity contribution is 6.26. The van der Waals surface area contributed by atoms with Gasteiger partial charge in [-0.25, -0.2) is 0 Å². The smallest absolute Gasteiger partial charge is 0.321 e. The Morgan fingerprint density at radius 1 is 1.20 bits per heavy atom. The summed E-state index contributed by atoms with van der Waals surface area (Å²) in [4.78, 5) is 21.6. The Hall–Kier alpha value is -0.480. The number of ether oxygens (including phenoxy) is 2. The molecule has 0 amide bonds. The topological polar surface area (TPSA) is 52.6 Å². The van der Waals surface area contributed by atoms with E-state index in [4.69, 9.17) is 32.7 Å². The van der Waals surface area contributed by atoms with Gasteiger partial charge in [0.1, 0.15) is 24.5 Å². The molecule has 0 aromatic carbocycles. The predicted octanol–water partition coefficient (Wildman–Crippen LogP) is 1.72. The largest absolute Gasteiger partial charge is 0.461 e. The number of alkyl halides is 2. The van der Waals surface area contributed by atoms with Crippen LogP contribution in [0.1, 0.15) is 19.8 Å². The van der Waals surface area contributed by atoms with Crippen molar-refractivity contribution in [2.75, 3.05) is 18.4 Å². The molecule has 0 heterocycles. The Kier molecular flexibility index (Phi) is 8.52. The maximum Gasteiger partial charge on any atom is 0.321 e. The van der Waals surface area contributed by atoms with Crippen LogP contribution in [0.15, 0.2) is 0 Å². The van der Waals surface area contributed by atoms with Gasteiger partial charge in [-0.05, 0) is 6.42 Å². The molecule has 0 N–H and O–H groups in total. The molecule has 0 saturated heterocycles. The zero-order valence-electron chi connectivity index (χ0n) is 8.50. The van der Waals surface area contributed by atoms with Crippen molar-refractivity contribution in [2.45, 2.75) is 25.9 Å². The molecule has 88 valence electrons. The molecule has 0 radical (unpaired) electrons. The van der Waals surface area contributed by atoms with Crippen LogP contribution in [0.4, 0.5) is 0 Å². The Morgan fingerprint density at radius 3 is 2.27 bits per heavy atom. The monoisotopic (exact) mass is 256 g/mol. The maximum atomic E-state index is 10.9. The van der Waals surface area contributed by atoms with E-state index in [0.717, 1.165) is 6.42 Å². The fourth-order valence-corrected chi connectivity index (χ4v) is 1.08. The number of carbonyl (C=O) groups excluding carboxylic acids is 2. The molecule has 0 aromatic heterocycles. The molecule has 15 heavy (non-hydrogen) atoms. The quantitative estimate of drug-likeness (QED) is 0.514. The third-order valence-corrected chi connectivity index (χ3v) is 1.99. The van der Waals surface area contributed by atoms with E-state index < -0.39 is 18.0 Å². The van der Waals surface area contributed by atoms with Crippen LogP contribution >= 0.6 is 23.2 Å². The first-order valence-electron chi connectivity index (χ1n) is 4.61. The summed E-state index contributed by atoms with van der Waals surface area (Å²) in [7, 11) is 0. The number of rotatable bonds is 7. The van der Waals surface area contributed by atoms with E-state index in [-0.39, 0.29) is 18.4 Å². The molecule has 0 aromatic rings. The summed E-state index contributed by atoms with van der Waals surface area (Å²) in [5.74, 6) is -1.46. The molecular formula is C9H14Cl2O4. The number of hydrogen-bond donors (Lipinski definition) is 0. The number of carbonyl (C=O) groups is 2. The van der Waals surface area contributed by atoms with E-state index in [9.17, 15) is 9.59 Å². The lowest BCUT2D eigenvalue weighted by Crippen LogP contribution is -2.26.